The van der Waals surface area contributed by atoms with Gasteiger partial charge in [0.1, 0.15) is 18.2 Å². The van der Waals surface area contributed by atoms with Crippen LogP contribution in [0.4, 0.5) is 10.1 Å². The zero-order valence-corrected chi connectivity index (χ0v) is 21.2. The minimum absolute atomic E-state index is 0.0610. The van der Waals surface area contributed by atoms with Crippen LogP contribution in [-0.2, 0) is 16.1 Å². The molecule has 0 bridgehead atoms. The first kappa shape index (κ1) is 26.6. The number of hydrogen-bond donors (Lipinski definition) is 1. The van der Waals surface area contributed by atoms with Crippen LogP contribution < -0.4 is 10.1 Å². The lowest BCUT2D eigenvalue weighted by molar-refractivity contribution is -0.115. The molecule has 3 atom stereocenters. The van der Waals surface area contributed by atoms with Crippen molar-refractivity contribution in [1.82, 2.24) is 9.80 Å². The zero-order valence-electron chi connectivity index (χ0n) is 21.2. The third-order valence-corrected chi connectivity index (χ3v) is 6.51. The van der Waals surface area contributed by atoms with Gasteiger partial charge in [-0.3, -0.25) is 14.5 Å². The Morgan fingerprint density at radius 2 is 1.94 bits per heavy atom. The van der Waals surface area contributed by atoms with E-state index in [9.17, 15) is 14.0 Å². The first-order chi connectivity index (χ1) is 16.7. The average Bonchev–Trinajstić information content (AvgIpc) is 2.85. The molecule has 2 aromatic rings. The number of ether oxygens (including phenoxy) is 2. The minimum Gasteiger partial charge on any atom is -0.491 e. The number of carbonyl (C=O) groups is 2. The Hall–Kier alpha value is -2.97. The van der Waals surface area contributed by atoms with Crippen molar-refractivity contribution in [1.29, 1.82) is 0 Å². The molecule has 8 heteroatoms. The molecular formula is C27H36FN3O4. The third kappa shape index (κ3) is 6.80. The van der Waals surface area contributed by atoms with E-state index in [1.807, 2.05) is 13.0 Å². The van der Waals surface area contributed by atoms with Gasteiger partial charge in [-0.15, -0.1) is 0 Å². The summed E-state index contributed by atoms with van der Waals surface area (Å²) in [6.45, 7) is 7.64. The second kappa shape index (κ2) is 12.1. The topological polar surface area (TPSA) is 71.1 Å². The SMILES string of the molecule is CCC(=O)Nc1ccc2c(c1)C(=O)N(C)C[C@@H](OC)[C@@H](C)CN(Cc1ccccc1F)[C@H](C)CO2. The summed E-state index contributed by atoms with van der Waals surface area (Å²) in [6, 6.07) is 11.8. The summed E-state index contributed by atoms with van der Waals surface area (Å²) in [5, 5.41) is 2.81. The highest BCUT2D eigenvalue weighted by atomic mass is 19.1. The van der Waals surface area contributed by atoms with Gasteiger partial charge in [-0.1, -0.05) is 32.0 Å². The molecule has 0 fully saturated rings. The van der Waals surface area contributed by atoms with Gasteiger partial charge in [-0.2, -0.15) is 0 Å². The Morgan fingerprint density at radius 1 is 1.20 bits per heavy atom. The van der Waals surface area contributed by atoms with Crippen LogP contribution in [0.2, 0.25) is 0 Å². The number of rotatable bonds is 5. The van der Waals surface area contributed by atoms with Crippen LogP contribution in [0.3, 0.4) is 0 Å². The van der Waals surface area contributed by atoms with Crippen molar-refractivity contribution in [2.75, 3.05) is 39.2 Å². The highest BCUT2D eigenvalue weighted by Gasteiger charge is 2.29. The Labute approximate surface area is 207 Å². The summed E-state index contributed by atoms with van der Waals surface area (Å²) in [5.74, 6) is -0.0704. The van der Waals surface area contributed by atoms with Crippen molar-refractivity contribution in [3.63, 3.8) is 0 Å². The number of fused-ring (bicyclic) bond motifs is 1. The summed E-state index contributed by atoms with van der Waals surface area (Å²) in [6.07, 6.45) is 0.121. The summed E-state index contributed by atoms with van der Waals surface area (Å²) >= 11 is 0. The minimum atomic E-state index is -0.236. The van der Waals surface area contributed by atoms with Crippen LogP contribution >= 0.6 is 0 Å². The molecule has 0 saturated heterocycles. The number of halogens is 1. The van der Waals surface area contributed by atoms with Crippen LogP contribution in [0.15, 0.2) is 42.5 Å². The van der Waals surface area contributed by atoms with Gasteiger partial charge in [0, 0.05) is 57.5 Å². The maximum atomic E-state index is 14.4. The number of amides is 2. The molecule has 7 nitrogen and oxygen atoms in total. The number of likely N-dealkylation sites (N-methyl/N-ethyl adjacent to an activating group) is 1. The number of anilines is 1. The maximum Gasteiger partial charge on any atom is 0.257 e. The fraction of sp³-hybridized carbons (Fsp3) is 0.481. The van der Waals surface area contributed by atoms with Crippen molar-refractivity contribution in [3.05, 3.63) is 59.4 Å². The molecule has 35 heavy (non-hydrogen) atoms. The summed E-state index contributed by atoms with van der Waals surface area (Å²) in [7, 11) is 3.37. The molecule has 1 N–H and O–H groups in total. The van der Waals surface area contributed by atoms with Gasteiger partial charge in [0.05, 0.1) is 11.7 Å². The average molecular weight is 486 g/mol. The molecule has 0 spiro atoms. The van der Waals surface area contributed by atoms with Gasteiger partial charge >= 0.3 is 0 Å². The van der Waals surface area contributed by atoms with E-state index < -0.39 is 0 Å². The Morgan fingerprint density at radius 3 is 2.63 bits per heavy atom. The van der Waals surface area contributed by atoms with Gasteiger partial charge in [0.15, 0.2) is 0 Å². The molecule has 0 saturated carbocycles. The largest absolute Gasteiger partial charge is 0.491 e. The molecule has 2 aromatic carbocycles. The Balaban J connectivity index is 1.95. The predicted octanol–water partition coefficient (Wildman–Crippen LogP) is 4.18. The lowest BCUT2D eigenvalue weighted by Crippen LogP contribution is -2.46. The lowest BCUT2D eigenvalue weighted by Gasteiger charge is -2.36. The first-order valence-electron chi connectivity index (χ1n) is 12.1. The van der Waals surface area contributed by atoms with Gasteiger partial charge in [0.25, 0.3) is 5.91 Å². The van der Waals surface area contributed by atoms with E-state index in [4.69, 9.17) is 9.47 Å². The quantitative estimate of drug-likeness (QED) is 0.688. The van der Waals surface area contributed by atoms with Crippen LogP contribution in [0, 0.1) is 11.7 Å². The van der Waals surface area contributed by atoms with Crippen LogP contribution in [0.5, 0.6) is 5.75 Å². The molecular weight excluding hydrogens is 449 g/mol. The fourth-order valence-corrected chi connectivity index (χ4v) is 4.24. The van der Waals surface area contributed by atoms with E-state index in [1.165, 1.54) is 6.07 Å². The predicted molar refractivity (Wildman–Crippen MR) is 134 cm³/mol. The normalized spacial score (nSPS) is 21.9. The highest BCUT2D eigenvalue weighted by Crippen LogP contribution is 2.27. The van der Waals surface area contributed by atoms with Crippen molar-refractivity contribution in [2.24, 2.45) is 5.92 Å². The van der Waals surface area contributed by atoms with Gasteiger partial charge in [-0.25, -0.2) is 4.39 Å². The standard InChI is InChI=1S/C27H36FN3O4/c1-6-26(32)29-21-11-12-24-22(13-21)27(33)30(4)16-25(34-5)18(2)14-31(19(3)17-35-24)15-20-9-7-8-10-23(20)28/h7-13,18-19,25H,6,14-17H2,1-5H3,(H,29,32)/t18-,19+,25+/m0/s1. The number of hydrogen-bond acceptors (Lipinski definition) is 5. The van der Waals surface area contributed by atoms with E-state index >= 15 is 0 Å². The number of nitrogens with zero attached hydrogens (tertiary/aromatic N) is 2. The number of carbonyl (C=O) groups excluding carboxylic acids is 2. The van der Waals surface area contributed by atoms with Gasteiger partial charge < -0.3 is 19.7 Å². The molecule has 0 radical (unpaired) electrons. The molecule has 190 valence electrons. The second-order valence-corrected chi connectivity index (χ2v) is 9.23. The molecule has 1 aliphatic heterocycles. The second-order valence-electron chi connectivity index (χ2n) is 9.23. The monoisotopic (exact) mass is 485 g/mol. The molecule has 0 aliphatic carbocycles. The number of nitrogens with one attached hydrogen (secondary N) is 1. The maximum absolute atomic E-state index is 14.4. The molecule has 0 aromatic heterocycles. The van der Waals surface area contributed by atoms with Crippen LogP contribution in [-0.4, -0.2) is 67.6 Å². The molecule has 0 unspecified atom stereocenters. The van der Waals surface area contributed by atoms with Crippen LogP contribution in [0.1, 0.15) is 43.1 Å². The number of benzene rings is 2. The highest BCUT2D eigenvalue weighted by molar-refractivity contribution is 5.99. The smallest absolute Gasteiger partial charge is 0.257 e. The lowest BCUT2D eigenvalue weighted by atomic mass is 10.0. The third-order valence-electron chi connectivity index (χ3n) is 6.51. The van der Waals surface area contributed by atoms with Crippen molar-refractivity contribution < 1.29 is 23.5 Å². The van der Waals surface area contributed by atoms with E-state index in [0.717, 1.165) is 0 Å². The van der Waals surface area contributed by atoms with Crippen molar-refractivity contribution in [3.8, 4) is 5.75 Å². The zero-order chi connectivity index (χ0) is 25.5. The number of methoxy groups -OCH3 is 1. The fourth-order valence-electron chi connectivity index (χ4n) is 4.24. The van der Waals surface area contributed by atoms with Crippen molar-refractivity contribution in [2.45, 2.75) is 45.9 Å². The van der Waals surface area contributed by atoms with Crippen molar-refractivity contribution >= 4 is 17.5 Å². The molecule has 1 heterocycles. The van der Waals surface area contributed by atoms with E-state index in [0.29, 0.717) is 55.2 Å². The molecule has 1 aliphatic rings. The molecule has 2 amide bonds. The summed E-state index contributed by atoms with van der Waals surface area (Å²) < 4.78 is 26.4. The Kier molecular flexibility index (Phi) is 9.23. The van der Waals surface area contributed by atoms with E-state index in [-0.39, 0.29) is 35.7 Å². The summed E-state index contributed by atoms with van der Waals surface area (Å²) in [5.41, 5.74) is 1.54. The molecule has 3 rings (SSSR count). The summed E-state index contributed by atoms with van der Waals surface area (Å²) in [4.78, 5) is 29.1. The van der Waals surface area contributed by atoms with Gasteiger partial charge in [-0.05, 0) is 37.1 Å². The van der Waals surface area contributed by atoms with Crippen LogP contribution in [0.25, 0.3) is 0 Å². The first-order valence-corrected chi connectivity index (χ1v) is 12.1. The van der Waals surface area contributed by atoms with E-state index in [2.05, 4.69) is 17.1 Å². The van der Waals surface area contributed by atoms with Gasteiger partial charge in [0.2, 0.25) is 5.91 Å². The van der Waals surface area contributed by atoms with E-state index in [1.54, 1.807) is 56.3 Å². The Bertz CT molecular complexity index is 1030.